The average molecular weight is 275 g/mol. The summed E-state index contributed by atoms with van der Waals surface area (Å²) in [6.45, 7) is 3.07. The predicted molar refractivity (Wildman–Crippen MR) is 76.9 cm³/mol. The highest BCUT2D eigenvalue weighted by molar-refractivity contribution is 5.84. The van der Waals surface area contributed by atoms with Crippen LogP contribution in [0.15, 0.2) is 23.4 Å². The lowest BCUT2D eigenvalue weighted by Crippen LogP contribution is -2.48. The number of hydrogen-bond donors (Lipinski definition) is 2. The number of fused-ring (bicyclic) bond motifs is 1. The minimum absolute atomic E-state index is 0.156. The van der Waals surface area contributed by atoms with Crippen LogP contribution in [0.2, 0.25) is 0 Å². The highest BCUT2D eigenvalue weighted by Gasteiger charge is 2.24. The van der Waals surface area contributed by atoms with Crippen LogP contribution < -0.4 is 5.73 Å². The number of amidine groups is 1. The van der Waals surface area contributed by atoms with Gasteiger partial charge in [0, 0.05) is 19.6 Å². The molecule has 1 aromatic carbocycles. The molecular formula is C15H21N3O2. The molecule has 0 saturated carbocycles. The fourth-order valence-corrected chi connectivity index (χ4v) is 3.07. The fourth-order valence-electron chi connectivity index (χ4n) is 3.07. The number of rotatable bonds is 3. The number of nitrogens with zero attached hydrogens (tertiary/aromatic N) is 2. The van der Waals surface area contributed by atoms with Crippen LogP contribution in [0, 0.1) is 0 Å². The molecule has 1 unspecified atom stereocenters. The smallest absolute Gasteiger partial charge is 0.169 e. The third kappa shape index (κ3) is 2.78. The molecule has 108 valence electrons. The number of benzene rings is 1. The van der Waals surface area contributed by atoms with Crippen molar-refractivity contribution in [3.8, 4) is 0 Å². The molecule has 0 spiro atoms. The van der Waals surface area contributed by atoms with E-state index in [-0.39, 0.29) is 11.9 Å². The highest BCUT2D eigenvalue weighted by atomic mass is 16.5. The molecule has 5 heteroatoms. The summed E-state index contributed by atoms with van der Waals surface area (Å²) in [5.74, 6) is 0.156. The topological polar surface area (TPSA) is 71.1 Å². The molecule has 1 atom stereocenters. The summed E-state index contributed by atoms with van der Waals surface area (Å²) in [5.41, 5.74) is 9.97. The normalized spacial score (nSPS) is 23.8. The van der Waals surface area contributed by atoms with Crippen LogP contribution in [-0.2, 0) is 24.1 Å². The van der Waals surface area contributed by atoms with Gasteiger partial charge in [-0.1, -0.05) is 23.4 Å². The van der Waals surface area contributed by atoms with Crippen molar-refractivity contribution >= 4 is 5.84 Å². The standard InChI is InChI=1S/C15H21N3O2/c16-15(17-19)14-10-18(6-7-20-14)9-11-4-5-12-2-1-3-13(12)8-11/h4-5,8,14,19H,1-3,6-7,9-10H2,(H2,16,17). The van der Waals surface area contributed by atoms with Crippen molar-refractivity contribution in [2.45, 2.75) is 31.9 Å². The molecule has 1 heterocycles. The number of morpholine rings is 1. The number of nitrogens with two attached hydrogens (primary N) is 1. The molecule has 0 bridgehead atoms. The van der Waals surface area contributed by atoms with Crippen LogP contribution in [0.1, 0.15) is 23.1 Å². The highest BCUT2D eigenvalue weighted by Crippen LogP contribution is 2.23. The number of aryl methyl sites for hydroxylation is 2. The first-order valence-corrected chi connectivity index (χ1v) is 7.18. The zero-order valence-electron chi connectivity index (χ0n) is 11.6. The van der Waals surface area contributed by atoms with E-state index >= 15 is 0 Å². The van der Waals surface area contributed by atoms with Gasteiger partial charge in [0.25, 0.3) is 0 Å². The molecule has 1 fully saturated rings. The second-order valence-corrected chi connectivity index (χ2v) is 5.58. The van der Waals surface area contributed by atoms with Gasteiger partial charge in [-0.3, -0.25) is 4.90 Å². The van der Waals surface area contributed by atoms with Crippen molar-refractivity contribution in [1.29, 1.82) is 0 Å². The average Bonchev–Trinajstić information content (AvgIpc) is 2.94. The van der Waals surface area contributed by atoms with Crippen molar-refractivity contribution < 1.29 is 9.94 Å². The van der Waals surface area contributed by atoms with Crippen LogP contribution in [-0.4, -0.2) is 41.7 Å². The van der Waals surface area contributed by atoms with Gasteiger partial charge in [-0.25, -0.2) is 0 Å². The van der Waals surface area contributed by atoms with Crippen molar-refractivity contribution in [2.75, 3.05) is 19.7 Å². The molecular weight excluding hydrogens is 254 g/mol. The molecule has 20 heavy (non-hydrogen) atoms. The van der Waals surface area contributed by atoms with Crippen molar-refractivity contribution in [3.05, 3.63) is 34.9 Å². The summed E-state index contributed by atoms with van der Waals surface area (Å²) >= 11 is 0. The van der Waals surface area contributed by atoms with Crippen LogP contribution in [0.5, 0.6) is 0 Å². The largest absolute Gasteiger partial charge is 0.409 e. The Balaban J connectivity index is 1.65. The van der Waals surface area contributed by atoms with Crippen LogP contribution in [0.3, 0.4) is 0 Å². The quantitative estimate of drug-likeness (QED) is 0.375. The summed E-state index contributed by atoms with van der Waals surface area (Å²) < 4.78 is 5.52. The molecule has 1 aliphatic heterocycles. The zero-order chi connectivity index (χ0) is 13.9. The molecule has 1 aliphatic carbocycles. The van der Waals surface area contributed by atoms with Gasteiger partial charge < -0.3 is 15.7 Å². The summed E-state index contributed by atoms with van der Waals surface area (Å²) in [5, 5.41) is 11.8. The van der Waals surface area contributed by atoms with E-state index in [0.717, 1.165) is 13.1 Å². The summed E-state index contributed by atoms with van der Waals surface area (Å²) in [6, 6.07) is 6.81. The van der Waals surface area contributed by atoms with Gasteiger partial charge in [-0.05, 0) is 36.0 Å². The molecule has 3 N–H and O–H groups in total. The van der Waals surface area contributed by atoms with E-state index in [1.807, 2.05) is 0 Å². The molecule has 0 radical (unpaired) electrons. The predicted octanol–water partition coefficient (Wildman–Crippen LogP) is 1.12. The first kappa shape index (κ1) is 13.4. The molecule has 5 nitrogen and oxygen atoms in total. The maximum atomic E-state index is 8.73. The summed E-state index contributed by atoms with van der Waals surface area (Å²) in [7, 11) is 0. The van der Waals surface area contributed by atoms with Gasteiger partial charge in [0.15, 0.2) is 5.84 Å². The van der Waals surface area contributed by atoms with E-state index in [1.54, 1.807) is 0 Å². The third-order valence-corrected chi connectivity index (χ3v) is 4.17. The first-order chi connectivity index (χ1) is 9.76. The number of oxime groups is 1. The monoisotopic (exact) mass is 275 g/mol. The number of ether oxygens (including phenoxy) is 1. The Morgan fingerprint density at radius 2 is 2.25 bits per heavy atom. The van der Waals surface area contributed by atoms with Crippen molar-refractivity contribution in [2.24, 2.45) is 10.9 Å². The van der Waals surface area contributed by atoms with Gasteiger partial charge in [-0.2, -0.15) is 0 Å². The molecule has 0 aromatic heterocycles. The van der Waals surface area contributed by atoms with Crippen molar-refractivity contribution in [1.82, 2.24) is 4.90 Å². The second-order valence-electron chi connectivity index (χ2n) is 5.58. The zero-order valence-corrected chi connectivity index (χ0v) is 11.6. The molecule has 0 amide bonds. The Bertz CT molecular complexity index is 516. The fraction of sp³-hybridized carbons (Fsp3) is 0.533. The second kappa shape index (κ2) is 5.81. The lowest BCUT2D eigenvalue weighted by atomic mass is 10.1. The Kier molecular flexibility index (Phi) is 3.89. The SMILES string of the molecule is NC(=NO)C1CN(Cc2ccc3c(c2)CCC3)CCO1. The van der Waals surface area contributed by atoms with Crippen LogP contribution >= 0.6 is 0 Å². The van der Waals surface area contributed by atoms with Crippen molar-refractivity contribution in [3.63, 3.8) is 0 Å². The van der Waals surface area contributed by atoms with Crippen LogP contribution in [0.25, 0.3) is 0 Å². The minimum Gasteiger partial charge on any atom is -0.409 e. The Labute approximate surface area is 119 Å². The van der Waals surface area contributed by atoms with E-state index in [0.29, 0.717) is 13.2 Å². The third-order valence-electron chi connectivity index (χ3n) is 4.17. The molecule has 2 aliphatic rings. The van der Waals surface area contributed by atoms with Crippen LogP contribution in [0.4, 0.5) is 0 Å². The summed E-state index contributed by atoms with van der Waals surface area (Å²) in [4.78, 5) is 2.29. The van der Waals surface area contributed by atoms with E-state index < -0.39 is 0 Å². The van der Waals surface area contributed by atoms with Gasteiger partial charge >= 0.3 is 0 Å². The van der Waals surface area contributed by atoms with E-state index in [9.17, 15) is 0 Å². The van der Waals surface area contributed by atoms with Gasteiger partial charge in [-0.15, -0.1) is 0 Å². The summed E-state index contributed by atoms with van der Waals surface area (Å²) in [6.07, 6.45) is 3.41. The molecule has 1 saturated heterocycles. The minimum atomic E-state index is -0.303. The Morgan fingerprint density at radius 3 is 3.10 bits per heavy atom. The lowest BCUT2D eigenvalue weighted by Gasteiger charge is -2.32. The van der Waals surface area contributed by atoms with Gasteiger partial charge in [0.2, 0.25) is 0 Å². The van der Waals surface area contributed by atoms with Gasteiger partial charge in [0.1, 0.15) is 6.10 Å². The molecule has 3 rings (SSSR count). The van der Waals surface area contributed by atoms with E-state index in [2.05, 4.69) is 28.3 Å². The van der Waals surface area contributed by atoms with E-state index in [4.69, 9.17) is 15.7 Å². The van der Waals surface area contributed by atoms with E-state index in [1.165, 1.54) is 36.0 Å². The Hall–Kier alpha value is -1.59. The number of hydrogen-bond acceptors (Lipinski definition) is 4. The maximum Gasteiger partial charge on any atom is 0.169 e. The molecule has 1 aromatic rings. The first-order valence-electron chi connectivity index (χ1n) is 7.18. The van der Waals surface area contributed by atoms with Gasteiger partial charge in [0.05, 0.1) is 6.61 Å². The lowest BCUT2D eigenvalue weighted by molar-refractivity contribution is 0.00141. The Morgan fingerprint density at radius 1 is 1.40 bits per heavy atom. The maximum absolute atomic E-state index is 8.73.